The zero-order valence-corrected chi connectivity index (χ0v) is 24.9. The molecule has 1 aliphatic carbocycles. The molecule has 3 heterocycles. The van der Waals surface area contributed by atoms with Gasteiger partial charge >= 0.3 is 5.69 Å². The highest BCUT2D eigenvalue weighted by atomic mass is 35.5. The van der Waals surface area contributed by atoms with E-state index in [2.05, 4.69) is 45.2 Å². The third kappa shape index (κ3) is 6.17. The van der Waals surface area contributed by atoms with E-state index in [9.17, 15) is 4.79 Å². The van der Waals surface area contributed by atoms with Crippen LogP contribution in [0.3, 0.4) is 0 Å². The third-order valence-electron chi connectivity index (χ3n) is 7.79. The van der Waals surface area contributed by atoms with Crippen molar-refractivity contribution in [3.05, 3.63) is 117 Å². The number of nitrogens with zero attached hydrogens (tertiary/aromatic N) is 3. The van der Waals surface area contributed by atoms with Crippen molar-refractivity contribution < 1.29 is 0 Å². The lowest BCUT2D eigenvalue weighted by atomic mass is 9.97. The van der Waals surface area contributed by atoms with Crippen LogP contribution >= 0.6 is 11.6 Å². The second-order valence-electron chi connectivity index (χ2n) is 10.4. The zero-order valence-electron chi connectivity index (χ0n) is 24.1. The Bertz CT molecular complexity index is 1660. The first-order valence-electron chi connectivity index (χ1n) is 14.6. The van der Waals surface area contributed by atoms with Crippen molar-refractivity contribution in [2.24, 2.45) is 5.73 Å². The van der Waals surface area contributed by atoms with Crippen LogP contribution in [0.15, 0.2) is 83.7 Å². The maximum absolute atomic E-state index is 12.7. The van der Waals surface area contributed by atoms with E-state index >= 15 is 0 Å². The number of imidazole rings is 1. The van der Waals surface area contributed by atoms with Gasteiger partial charge in [0.05, 0.1) is 22.6 Å². The minimum absolute atomic E-state index is 0.00101. The van der Waals surface area contributed by atoms with Crippen molar-refractivity contribution in [2.75, 3.05) is 13.1 Å². The van der Waals surface area contributed by atoms with Gasteiger partial charge in [-0.15, -0.1) is 0 Å². The molecule has 4 N–H and O–H groups in total. The largest absolute Gasteiger partial charge is 0.384 e. The Labute approximate surface area is 251 Å². The molecule has 0 unspecified atom stereocenters. The van der Waals surface area contributed by atoms with Gasteiger partial charge in [-0.3, -0.25) is 14.9 Å². The number of piperidine rings is 1. The molecule has 42 heavy (non-hydrogen) atoms. The quantitative estimate of drug-likeness (QED) is 0.132. The summed E-state index contributed by atoms with van der Waals surface area (Å²) in [5.41, 5.74) is 13.0. The van der Waals surface area contributed by atoms with Crippen molar-refractivity contribution in [3.63, 3.8) is 0 Å². The lowest BCUT2D eigenvalue weighted by molar-refractivity contribution is 0.177. The van der Waals surface area contributed by atoms with Crippen LogP contribution in [-0.2, 0) is 13.0 Å². The number of aromatic nitrogens is 3. The van der Waals surface area contributed by atoms with Gasteiger partial charge in [-0.25, -0.2) is 9.78 Å². The number of allylic oxidation sites excluding steroid dienone is 3. The maximum atomic E-state index is 12.7. The molecule has 2 aromatic carbocycles. The van der Waals surface area contributed by atoms with Gasteiger partial charge in [-0.1, -0.05) is 98.3 Å². The molecule has 0 amide bonds. The Morgan fingerprint density at radius 2 is 1.76 bits per heavy atom. The van der Waals surface area contributed by atoms with Crippen LogP contribution in [0.2, 0.25) is 5.15 Å². The molecule has 1 saturated heterocycles. The predicted molar refractivity (Wildman–Crippen MR) is 173 cm³/mol. The van der Waals surface area contributed by atoms with E-state index in [1.807, 2.05) is 73.0 Å². The summed E-state index contributed by atoms with van der Waals surface area (Å²) in [5.74, 6) is -0.106. The van der Waals surface area contributed by atoms with Crippen LogP contribution in [0.4, 0.5) is 0 Å². The van der Waals surface area contributed by atoms with Crippen molar-refractivity contribution in [1.82, 2.24) is 19.4 Å². The highest BCUT2D eigenvalue weighted by Crippen LogP contribution is 2.34. The summed E-state index contributed by atoms with van der Waals surface area (Å²) in [5, 5.41) is 8.12. The van der Waals surface area contributed by atoms with Crippen molar-refractivity contribution in [1.29, 1.82) is 5.41 Å². The van der Waals surface area contributed by atoms with Gasteiger partial charge in [0, 0.05) is 43.2 Å². The number of nitrogen functional groups attached to an aromatic ring is 1. The zero-order chi connectivity index (χ0) is 29.6. The molecule has 0 bridgehead atoms. The molecule has 2 aromatic heterocycles. The third-order valence-corrected chi connectivity index (χ3v) is 8.08. The molecule has 4 aromatic rings. The van der Waals surface area contributed by atoms with Gasteiger partial charge < -0.3 is 10.7 Å². The van der Waals surface area contributed by atoms with Crippen LogP contribution in [-0.4, -0.2) is 38.4 Å². The lowest BCUT2D eigenvalue weighted by Crippen LogP contribution is -2.37. The molecule has 8 heteroatoms. The second-order valence-corrected chi connectivity index (χ2v) is 10.7. The monoisotopic (exact) mass is 580 g/mol. The Kier molecular flexibility index (Phi) is 9.20. The SMILES string of the molecule is CC.N=C(N)c1cc(-c2ccccc2)c(-c2ccc(CN3CCC(n4c5c([nH]c4=O)C=CC=CC5)CC3)cc2)nc1Cl. The molecular weight excluding hydrogens is 544 g/mol. The minimum Gasteiger partial charge on any atom is -0.384 e. The van der Waals surface area contributed by atoms with Gasteiger partial charge in [0.1, 0.15) is 11.0 Å². The molecular formula is C34H37ClN6O. The number of rotatable bonds is 6. The number of benzene rings is 2. The predicted octanol–water partition coefficient (Wildman–Crippen LogP) is 6.83. The number of hydrogen-bond acceptors (Lipinski definition) is 4. The van der Waals surface area contributed by atoms with E-state index in [-0.39, 0.29) is 22.7 Å². The number of fused-ring (bicyclic) bond motifs is 1. The first-order valence-corrected chi connectivity index (χ1v) is 14.9. The molecule has 1 aliphatic heterocycles. The average molecular weight is 581 g/mol. The van der Waals surface area contributed by atoms with Gasteiger partial charge in [0.2, 0.25) is 0 Å². The second kappa shape index (κ2) is 13.2. The summed E-state index contributed by atoms with van der Waals surface area (Å²) < 4.78 is 1.99. The van der Waals surface area contributed by atoms with E-state index in [0.29, 0.717) is 5.56 Å². The van der Waals surface area contributed by atoms with Gasteiger partial charge in [0.15, 0.2) is 0 Å². The van der Waals surface area contributed by atoms with E-state index < -0.39 is 0 Å². The normalized spacial score (nSPS) is 15.0. The maximum Gasteiger partial charge on any atom is 0.326 e. The summed E-state index contributed by atoms with van der Waals surface area (Å²) in [6.07, 6.45) is 10.8. The van der Waals surface area contributed by atoms with E-state index in [0.717, 1.165) is 72.7 Å². The smallest absolute Gasteiger partial charge is 0.326 e. The van der Waals surface area contributed by atoms with Crippen LogP contribution in [0.1, 0.15) is 55.2 Å². The fourth-order valence-electron chi connectivity index (χ4n) is 5.74. The first-order chi connectivity index (χ1) is 20.5. The number of H-pyrrole nitrogens is 1. The van der Waals surface area contributed by atoms with E-state index in [1.165, 1.54) is 5.56 Å². The molecule has 0 atom stereocenters. The summed E-state index contributed by atoms with van der Waals surface area (Å²) in [7, 11) is 0. The first kappa shape index (κ1) is 29.3. The summed E-state index contributed by atoms with van der Waals surface area (Å²) in [6.45, 7) is 6.72. The number of halogens is 1. The lowest BCUT2D eigenvalue weighted by Gasteiger charge is -2.33. The fraction of sp³-hybridized carbons (Fsp3) is 0.265. The number of pyridine rings is 1. The highest BCUT2D eigenvalue weighted by Gasteiger charge is 2.25. The number of nitrogens with two attached hydrogens (primary N) is 1. The number of likely N-dealkylation sites (tertiary alicyclic amines) is 1. The van der Waals surface area contributed by atoms with Crippen LogP contribution < -0.4 is 11.4 Å². The number of hydrogen-bond donors (Lipinski definition) is 3. The number of amidine groups is 1. The van der Waals surface area contributed by atoms with Gasteiger partial charge in [0.25, 0.3) is 0 Å². The summed E-state index contributed by atoms with van der Waals surface area (Å²) in [6, 6.07) is 20.5. The average Bonchev–Trinajstić information content (AvgIpc) is 3.16. The fourth-order valence-corrected chi connectivity index (χ4v) is 5.98. The Hall–Kier alpha value is -4.20. The Balaban J connectivity index is 0.00000173. The van der Waals surface area contributed by atoms with E-state index in [4.69, 9.17) is 22.7 Å². The van der Waals surface area contributed by atoms with Crippen molar-refractivity contribution in [2.45, 2.75) is 45.7 Å². The van der Waals surface area contributed by atoms with E-state index in [1.54, 1.807) is 0 Å². The summed E-state index contributed by atoms with van der Waals surface area (Å²) >= 11 is 6.43. The molecule has 7 nitrogen and oxygen atoms in total. The number of aromatic amines is 1. The molecule has 0 spiro atoms. The molecule has 2 aliphatic rings. The molecule has 216 valence electrons. The van der Waals surface area contributed by atoms with Crippen LogP contribution in [0.25, 0.3) is 28.5 Å². The van der Waals surface area contributed by atoms with Crippen molar-refractivity contribution >= 4 is 23.5 Å². The molecule has 6 rings (SSSR count). The topological polar surface area (TPSA) is 104 Å². The Morgan fingerprint density at radius 1 is 1.05 bits per heavy atom. The molecule has 0 radical (unpaired) electrons. The number of nitrogens with one attached hydrogen (secondary N) is 2. The van der Waals surface area contributed by atoms with Gasteiger partial charge in [-0.2, -0.15) is 0 Å². The van der Waals surface area contributed by atoms with Crippen LogP contribution in [0.5, 0.6) is 0 Å². The van der Waals surface area contributed by atoms with Crippen LogP contribution in [0, 0.1) is 5.41 Å². The van der Waals surface area contributed by atoms with Crippen molar-refractivity contribution in [3.8, 4) is 22.4 Å². The van der Waals surface area contributed by atoms with Gasteiger partial charge in [-0.05, 0) is 36.1 Å². The Morgan fingerprint density at radius 3 is 2.45 bits per heavy atom. The highest BCUT2D eigenvalue weighted by molar-refractivity contribution is 6.33. The molecule has 0 saturated carbocycles. The summed E-state index contributed by atoms with van der Waals surface area (Å²) in [4.78, 5) is 22.9. The standard InChI is InChI=1S/C32H31ClN6O.C2H6/c33-30-26(31(34)35)19-25(22-7-3-1-4-8-22)29(37-30)23-13-11-21(12-14-23)20-38-17-15-24(16-18-38)39-28-10-6-2-5-9-27(28)36-32(39)40;1-2/h1-9,11-14,19,24H,10,15-18,20H2,(H3,34,35)(H,36,40);1-2H3. The molecule has 1 fully saturated rings. The minimum atomic E-state index is -0.106.